The van der Waals surface area contributed by atoms with Crippen LogP contribution in [-0.4, -0.2) is 30.4 Å². The van der Waals surface area contributed by atoms with Gasteiger partial charge >= 0.3 is 12.2 Å². The Morgan fingerprint density at radius 1 is 1.11 bits per heavy atom. The number of benzene rings is 2. The summed E-state index contributed by atoms with van der Waals surface area (Å²) in [4.78, 5) is 27.8. The molecule has 142 valence electrons. The summed E-state index contributed by atoms with van der Waals surface area (Å²) < 4.78 is 10.5. The maximum atomic E-state index is 11.5. The highest BCUT2D eigenvalue weighted by Crippen LogP contribution is 2.48. The first-order valence-corrected chi connectivity index (χ1v) is 8.81. The van der Waals surface area contributed by atoms with Crippen LogP contribution in [-0.2, 0) is 9.57 Å². The zero-order valence-corrected chi connectivity index (χ0v) is 15.0. The van der Waals surface area contributed by atoms with Crippen molar-refractivity contribution in [1.82, 2.24) is 5.06 Å². The highest BCUT2D eigenvalue weighted by molar-refractivity contribution is 5.73. The molecule has 0 aromatic heterocycles. The number of carbonyl (C=O) groups excluding carboxylic acids is 2. The summed E-state index contributed by atoms with van der Waals surface area (Å²) in [6.45, 7) is 2.03. The van der Waals surface area contributed by atoms with Crippen LogP contribution in [0.5, 0.6) is 11.5 Å². The van der Waals surface area contributed by atoms with Gasteiger partial charge in [0.1, 0.15) is 11.5 Å². The minimum absolute atomic E-state index is 0.152. The fourth-order valence-electron chi connectivity index (χ4n) is 2.91. The number of ether oxygens (including phenoxy) is 2. The number of carbonyl (C=O) groups is 2. The summed E-state index contributed by atoms with van der Waals surface area (Å²) in [7, 11) is 0. The molecule has 7 heteroatoms. The molecule has 0 unspecified atom stereocenters. The van der Waals surface area contributed by atoms with Gasteiger partial charge in [-0.2, -0.15) is 5.06 Å². The van der Waals surface area contributed by atoms with E-state index in [-0.39, 0.29) is 25.0 Å². The van der Waals surface area contributed by atoms with Gasteiger partial charge in [0.05, 0.1) is 13.2 Å². The second kappa shape index (κ2) is 8.44. The Kier molecular flexibility index (Phi) is 5.80. The number of nitrogens with two attached hydrogens (primary N) is 1. The summed E-state index contributed by atoms with van der Waals surface area (Å²) in [6, 6.07) is 16.6. The van der Waals surface area contributed by atoms with Gasteiger partial charge in [-0.1, -0.05) is 30.3 Å². The lowest BCUT2D eigenvalue weighted by atomic mass is 10.1. The van der Waals surface area contributed by atoms with E-state index in [1.165, 1.54) is 0 Å². The van der Waals surface area contributed by atoms with Crippen LogP contribution in [0.15, 0.2) is 54.6 Å². The maximum Gasteiger partial charge on any atom is 0.533 e. The molecule has 1 aliphatic rings. The summed E-state index contributed by atoms with van der Waals surface area (Å²) in [5.41, 5.74) is 6.39. The van der Waals surface area contributed by atoms with Gasteiger partial charge in [0.2, 0.25) is 0 Å². The van der Waals surface area contributed by atoms with Gasteiger partial charge in [0, 0.05) is 0 Å². The number of primary amides is 1. The molecule has 1 saturated carbocycles. The van der Waals surface area contributed by atoms with Gasteiger partial charge in [-0.3, -0.25) is 0 Å². The van der Waals surface area contributed by atoms with Crippen molar-refractivity contribution in [3.63, 3.8) is 0 Å². The largest absolute Gasteiger partial charge is 0.533 e. The smallest absolute Gasteiger partial charge is 0.457 e. The Balaban J connectivity index is 1.59. The first-order valence-electron chi connectivity index (χ1n) is 8.81. The fourth-order valence-corrected chi connectivity index (χ4v) is 2.91. The standard InChI is InChI=1S/C20H22N2O5/c1-2-25-20(24)27-22(19(21)23)13-15-12-18(15)14-7-6-10-17(11-14)26-16-8-4-3-5-9-16/h3-11,15,18H,2,12-13H2,1H3,(H2,21,23)/t15-,18-/m0/s1. The molecule has 2 atom stereocenters. The van der Waals surface area contributed by atoms with Gasteiger partial charge < -0.3 is 20.0 Å². The molecule has 0 saturated heterocycles. The van der Waals surface area contributed by atoms with Crippen LogP contribution in [0, 0.1) is 5.92 Å². The summed E-state index contributed by atoms with van der Waals surface area (Å²) >= 11 is 0. The zero-order chi connectivity index (χ0) is 19.2. The molecule has 2 aromatic rings. The Labute approximate surface area is 157 Å². The average Bonchev–Trinajstić information content (AvgIpc) is 3.42. The van der Waals surface area contributed by atoms with Crippen molar-refractivity contribution in [1.29, 1.82) is 0 Å². The molecule has 0 radical (unpaired) electrons. The van der Waals surface area contributed by atoms with E-state index >= 15 is 0 Å². The van der Waals surface area contributed by atoms with Crippen LogP contribution in [0.2, 0.25) is 0 Å². The third-order valence-corrected chi connectivity index (χ3v) is 4.28. The normalized spacial score (nSPS) is 17.7. The number of nitrogens with zero attached hydrogens (tertiary/aromatic N) is 1. The van der Waals surface area contributed by atoms with Gasteiger partial charge in [-0.15, -0.1) is 0 Å². The first kappa shape index (κ1) is 18.6. The second-order valence-electron chi connectivity index (χ2n) is 6.26. The number of rotatable bonds is 6. The molecule has 27 heavy (non-hydrogen) atoms. The Hall–Kier alpha value is -3.22. The monoisotopic (exact) mass is 370 g/mol. The molecule has 1 fully saturated rings. The molecule has 3 rings (SSSR count). The number of urea groups is 1. The van der Waals surface area contributed by atoms with Gasteiger partial charge in [-0.05, 0) is 55.0 Å². The average molecular weight is 370 g/mol. The van der Waals surface area contributed by atoms with Crippen LogP contribution in [0.25, 0.3) is 0 Å². The highest BCUT2D eigenvalue weighted by atomic mass is 16.8. The fraction of sp³-hybridized carbons (Fsp3) is 0.300. The van der Waals surface area contributed by atoms with Gasteiger partial charge in [0.25, 0.3) is 0 Å². The highest BCUT2D eigenvalue weighted by Gasteiger charge is 2.41. The number of hydroxylamine groups is 2. The van der Waals surface area contributed by atoms with Gasteiger partial charge in [0.15, 0.2) is 0 Å². The molecule has 2 aromatic carbocycles. The number of hydrogen-bond donors (Lipinski definition) is 1. The Morgan fingerprint density at radius 3 is 2.56 bits per heavy atom. The minimum Gasteiger partial charge on any atom is -0.457 e. The van der Waals surface area contributed by atoms with Crippen molar-refractivity contribution < 1.29 is 23.9 Å². The van der Waals surface area contributed by atoms with E-state index in [4.69, 9.17) is 15.3 Å². The molecular formula is C20H22N2O5. The number of amides is 2. The van der Waals surface area contributed by atoms with Crippen molar-refractivity contribution in [2.75, 3.05) is 13.2 Å². The molecule has 1 aliphatic carbocycles. The van der Waals surface area contributed by atoms with Crippen molar-refractivity contribution in [3.05, 3.63) is 60.2 Å². The molecule has 7 nitrogen and oxygen atoms in total. The predicted molar refractivity (Wildman–Crippen MR) is 98.2 cm³/mol. The third-order valence-electron chi connectivity index (χ3n) is 4.28. The van der Waals surface area contributed by atoms with Crippen molar-refractivity contribution in [2.45, 2.75) is 19.3 Å². The van der Waals surface area contributed by atoms with Crippen LogP contribution in [0.3, 0.4) is 0 Å². The predicted octanol–water partition coefficient (Wildman–Crippen LogP) is 4.05. The molecule has 0 bridgehead atoms. The van der Waals surface area contributed by atoms with Crippen LogP contribution < -0.4 is 10.5 Å². The summed E-state index contributed by atoms with van der Waals surface area (Å²) in [5.74, 6) is 1.92. The van der Waals surface area contributed by atoms with E-state index in [0.29, 0.717) is 0 Å². The number of para-hydroxylation sites is 1. The first-order chi connectivity index (χ1) is 13.1. The molecule has 2 N–H and O–H groups in total. The van der Waals surface area contributed by atoms with E-state index in [1.54, 1.807) is 6.92 Å². The van der Waals surface area contributed by atoms with E-state index in [9.17, 15) is 9.59 Å². The van der Waals surface area contributed by atoms with E-state index in [1.807, 2.05) is 54.6 Å². The van der Waals surface area contributed by atoms with Crippen LogP contribution in [0.1, 0.15) is 24.8 Å². The summed E-state index contributed by atoms with van der Waals surface area (Å²) in [5, 5.41) is 0.854. The quantitative estimate of drug-likeness (QED) is 0.612. The van der Waals surface area contributed by atoms with Gasteiger partial charge in [-0.25, -0.2) is 9.59 Å². The molecule has 0 aliphatic heterocycles. The van der Waals surface area contributed by atoms with Crippen molar-refractivity contribution >= 4 is 12.2 Å². The molecule has 0 heterocycles. The van der Waals surface area contributed by atoms with E-state index in [2.05, 4.69) is 4.74 Å². The summed E-state index contributed by atoms with van der Waals surface area (Å²) in [6.07, 6.45) is -0.0724. The second-order valence-corrected chi connectivity index (χ2v) is 6.26. The Morgan fingerprint density at radius 2 is 1.85 bits per heavy atom. The Bertz CT molecular complexity index is 796. The van der Waals surface area contributed by atoms with Crippen LogP contribution in [0.4, 0.5) is 9.59 Å². The minimum atomic E-state index is -0.938. The van der Waals surface area contributed by atoms with Crippen molar-refractivity contribution in [3.8, 4) is 11.5 Å². The number of hydrogen-bond acceptors (Lipinski definition) is 5. The lowest BCUT2D eigenvalue weighted by molar-refractivity contribution is -0.0911. The lowest BCUT2D eigenvalue weighted by Gasteiger charge is -2.18. The topological polar surface area (TPSA) is 91.1 Å². The lowest BCUT2D eigenvalue weighted by Crippen LogP contribution is -2.39. The molecular weight excluding hydrogens is 348 g/mol. The third kappa shape index (κ3) is 5.13. The zero-order valence-electron chi connectivity index (χ0n) is 15.0. The van der Waals surface area contributed by atoms with E-state index in [0.717, 1.165) is 28.5 Å². The van der Waals surface area contributed by atoms with Crippen LogP contribution >= 0.6 is 0 Å². The molecule has 0 spiro atoms. The SMILES string of the molecule is CCOC(=O)ON(C[C@@H]1C[C@H]1c1cccc(Oc2ccccc2)c1)C(N)=O. The van der Waals surface area contributed by atoms with E-state index < -0.39 is 12.2 Å². The van der Waals surface area contributed by atoms with Crippen molar-refractivity contribution in [2.24, 2.45) is 11.7 Å². The molecule has 2 amide bonds. The maximum absolute atomic E-state index is 11.5.